The third kappa shape index (κ3) is 1.95. The quantitative estimate of drug-likeness (QED) is 0.887. The summed E-state index contributed by atoms with van der Waals surface area (Å²) in [5.74, 6) is 0.484. The Labute approximate surface area is 141 Å². The molecule has 4 fully saturated rings. The first-order chi connectivity index (χ1) is 11.5. The van der Waals surface area contributed by atoms with Crippen molar-refractivity contribution in [1.29, 1.82) is 0 Å². The van der Waals surface area contributed by atoms with E-state index in [4.69, 9.17) is 10.7 Å². The lowest BCUT2D eigenvalue weighted by Gasteiger charge is -2.60. The van der Waals surface area contributed by atoms with Gasteiger partial charge in [-0.15, -0.1) is 0 Å². The van der Waals surface area contributed by atoms with E-state index in [0.717, 1.165) is 48.7 Å². The molecule has 4 saturated carbocycles. The maximum absolute atomic E-state index is 11.8. The van der Waals surface area contributed by atoms with Crippen molar-refractivity contribution < 1.29 is 9.90 Å². The Morgan fingerprint density at radius 2 is 1.88 bits per heavy atom. The molecular weight excluding hydrogens is 300 g/mol. The first-order valence-electron chi connectivity index (χ1n) is 8.89. The maximum atomic E-state index is 11.8. The zero-order valence-electron chi connectivity index (χ0n) is 13.7. The van der Waals surface area contributed by atoms with E-state index in [1.54, 1.807) is 0 Å². The Morgan fingerprint density at radius 3 is 2.54 bits per heavy atom. The van der Waals surface area contributed by atoms with Crippen LogP contribution in [0.15, 0.2) is 30.3 Å². The summed E-state index contributed by atoms with van der Waals surface area (Å²) in [5.41, 5.74) is 8.74. The number of nitrogens with zero attached hydrogens (tertiary/aromatic N) is 1. The minimum Gasteiger partial charge on any atom is -0.478 e. The lowest BCUT2D eigenvalue weighted by molar-refractivity contribution is -0.0244. The topological polar surface area (TPSA) is 76.2 Å². The molecule has 0 amide bonds. The zero-order valence-corrected chi connectivity index (χ0v) is 13.7. The molecule has 0 spiro atoms. The monoisotopic (exact) mass is 322 g/mol. The second kappa shape index (κ2) is 4.57. The SMILES string of the molecule is NC12C[C@H]3C[C@@H](C1)CC(c1cc(C(=O)O)c4ccccc4n1)(C3)C2. The van der Waals surface area contributed by atoms with Gasteiger partial charge < -0.3 is 10.8 Å². The predicted octanol–water partition coefficient (Wildman–Crippen LogP) is 3.48. The van der Waals surface area contributed by atoms with E-state index in [2.05, 4.69) is 0 Å². The molecule has 1 heterocycles. The highest BCUT2D eigenvalue weighted by molar-refractivity contribution is 6.02. The van der Waals surface area contributed by atoms with Crippen LogP contribution in [0.1, 0.15) is 54.6 Å². The predicted molar refractivity (Wildman–Crippen MR) is 92.0 cm³/mol. The van der Waals surface area contributed by atoms with Gasteiger partial charge in [0.1, 0.15) is 0 Å². The molecule has 2 aromatic rings. The number of hydrogen-bond acceptors (Lipinski definition) is 3. The van der Waals surface area contributed by atoms with Gasteiger partial charge in [-0.25, -0.2) is 4.79 Å². The fourth-order valence-corrected chi connectivity index (χ4v) is 6.26. The van der Waals surface area contributed by atoms with Crippen LogP contribution in [0.3, 0.4) is 0 Å². The second-order valence-corrected chi connectivity index (χ2v) is 8.48. The van der Waals surface area contributed by atoms with Crippen molar-refractivity contribution in [3.05, 3.63) is 41.6 Å². The number of aromatic carboxylic acids is 1. The molecule has 2 unspecified atom stereocenters. The number of nitrogens with two attached hydrogens (primary N) is 1. The Bertz CT molecular complexity index is 846. The summed E-state index contributed by atoms with van der Waals surface area (Å²) in [7, 11) is 0. The fourth-order valence-electron chi connectivity index (χ4n) is 6.26. The standard InChI is InChI=1S/C20H22N2O2/c21-20-9-12-5-13(10-20)8-19(7-12,11-20)17-6-15(18(23)24)14-3-1-2-4-16(14)22-17/h1-4,6,12-13H,5,7-11,21H2,(H,23,24)/t12-,13+,19?,20?. The minimum absolute atomic E-state index is 0.0208. The smallest absolute Gasteiger partial charge is 0.336 e. The van der Waals surface area contributed by atoms with Crippen LogP contribution < -0.4 is 5.73 Å². The van der Waals surface area contributed by atoms with E-state index < -0.39 is 5.97 Å². The summed E-state index contributed by atoms with van der Waals surface area (Å²) in [5, 5.41) is 10.4. The number of para-hydroxylation sites is 1. The van der Waals surface area contributed by atoms with Crippen molar-refractivity contribution in [1.82, 2.24) is 4.98 Å². The Balaban J connectivity index is 1.71. The number of rotatable bonds is 2. The van der Waals surface area contributed by atoms with Gasteiger partial charge in [0.2, 0.25) is 0 Å². The van der Waals surface area contributed by atoms with Crippen LogP contribution in [0.5, 0.6) is 0 Å². The van der Waals surface area contributed by atoms with E-state index in [1.807, 2.05) is 30.3 Å². The van der Waals surface area contributed by atoms with Crippen LogP contribution in [0, 0.1) is 11.8 Å². The molecule has 4 bridgehead atoms. The van der Waals surface area contributed by atoms with Gasteiger partial charge in [-0.05, 0) is 62.5 Å². The van der Waals surface area contributed by atoms with Crippen LogP contribution in [0.2, 0.25) is 0 Å². The normalized spacial score (nSPS) is 37.0. The Hall–Kier alpha value is -1.94. The molecule has 124 valence electrons. The average molecular weight is 322 g/mol. The lowest BCUT2D eigenvalue weighted by atomic mass is 9.46. The van der Waals surface area contributed by atoms with E-state index in [9.17, 15) is 9.90 Å². The Morgan fingerprint density at radius 1 is 1.17 bits per heavy atom. The van der Waals surface area contributed by atoms with Crippen molar-refractivity contribution in [3.8, 4) is 0 Å². The van der Waals surface area contributed by atoms with Gasteiger partial charge in [-0.2, -0.15) is 0 Å². The van der Waals surface area contributed by atoms with E-state index in [-0.39, 0.29) is 11.0 Å². The molecule has 0 aliphatic heterocycles. The number of hydrogen-bond donors (Lipinski definition) is 2. The van der Waals surface area contributed by atoms with Gasteiger partial charge >= 0.3 is 5.97 Å². The molecule has 1 aromatic heterocycles. The first kappa shape index (κ1) is 14.4. The molecule has 4 aliphatic rings. The molecule has 4 heteroatoms. The summed E-state index contributed by atoms with van der Waals surface area (Å²) in [6.45, 7) is 0. The number of carboxylic acids is 1. The van der Waals surface area contributed by atoms with Gasteiger partial charge in [-0.1, -0.05) is 18.2 Å². The van der Waals surface area contributed by atoms with E-state index in [0.29, 0.717) is 17.4 Å². The highest BCUT2D eigenvalue weighted by atomic mass is 16.4. The van der Waals surface area contributed by atoms with E-state index >= 15 is 0 Å². The summed E-state index contributed by atoms with van der Waals surface area (Å²) < 4.78 is 0. The van der Waals surface area contributed by atoms with E-state index in [1.165, 1.54) is 6.42 Å². The van der Waals surface area contributed by atoms with Crippen LogP contribution in [-0.2, 0) is 5.41 Å². The van der Waals surface area contributed by atoms with Crippen molar-refractivity contribution in [3.63, 3.8) is 0 Å². The second-order valence-electron chi connectivity index (χ2n) is 8.48. The molecule has 4 nitrogen and oxygen atoms in total. The van der Waals surface area contributed by atoms with Gasteiger partial charge in [-0.3, -0.25) is 4.98 Å². The molecular formula is C20H22N2O2. The van der Waals surface area contributed by atoms with Crippen molar-refractivity contribution in [2.75, 3.05) is 0 Å². The number of fused-ring (bicyclic) bond motifs is 1. The molecule has 3 N–H and O–H groups in total. The zero-order chi connectivity index (χ0) is 16.5. The Kier molecular flexibility index (Phi) is 2.74. The fraction of sp³-hybridized carbons (Fsp3) is 0.500. The molecule has 0 saturated heterocycles. The van der Waals surface area contributed by atoms with Crippen molar-refractivity contribution in [2.45, 2.75) is 49.5 Å². The van der Waals surface area contributed by atoms with Crippen LogP contribution in [0.4, 0.5) is 0 Å². The van der Waals surface area contributed by atoms with Gasteiger partial charge in [0.25, 0.3) is 0 Å². The third-order valence-electron chi connectivity index (χ3n) is 6.60. The summed E-state index contributed by atoms with van der Waals surface area (Å²) >= 11 is 0. The molecule has 1 aromatic carbocycles. The van der Waals surface area contributed by atoms with Gasteiger partial charge in [0.05, 0.1) is 11.1 Å². The molecule has 0 radical (unpaired) electrons. The van der Waals surface area contributed by atoms with Gasteiger partial charge in [0, 0.05) is 22.0 Å². The molecule has 4 aliphatic carbocycles. The minimum atomic E-state index is -0.873. The number of aromatic nitrogens is 1. The first-order valence-corrected chi connectivity index (χ1v) is 8.89. The van der Waals surface area contributed by atoms with Gasteiger partial charge in [0.15, 0.2) is 0 Å². The molecule has 24 heavy (non-hydrogen) atoms. The largest absolute Gasteiger partial charge is 0.478 e. The number of carboxylic acid groups (broad SMARTS) is 1. The van der Waals surface area contributed by atoms with Crippen molar-refractivity contribution >= 4 is 16.9 Å². The third-order valence-corrected chi connectivity index (χ3v) is 6.60. The maximum Gasteiger partial charge on any atom is 0.336 e. The lowest BCUT2D eigenvalue weighted by Crippen LogP contribution is -2.61. The van der Waals surface area contributed by atoms with Crippen LogP contribution >= 0.6 is 0 Å². The molecule has 4 atom stereocenters. The van der Waals surface area contributed by atoms with Crippen LogP contribution in [-0.4, -0.2) is 21.6 Å². The number of carbonyl (C=O) groups is 1. The highest BCUT2D eigenvalue weighted by Gasteiger charge is 2.57. The highest BCUT2D eigenvalue weighted by Crippen LogP contribution is 2.61. The summed E-state index contributed by atoms with van der Waals surface area (Å²) in [6, 6.07) is 9.40. The average Bonchev–Trinajstić information content (AvgIpc) is 2.51. The number of benzene rings is 1. The summed E-state index contributed by atoms with van der Waals surface area (Å²) in [6.07, 6.45) is 6.74. The van der Waals surface area contributed by atoms with Crippen LogP contribution in [0.25, 0.3) is 10.9 Å². The summed E-state index contributed by atoms with van der Waals surface area (Å²) in [4.78, 5) is 16.7. The number of pyridine rings is 1. The molecule has 6 rings (SSSR count). The van der Waals surface area contributed by atoms with Crippen molar-refractivity contribution in [2.24, 2.45) is 17.6 Å².